The van der Waals surface area contributed by atoms with E-state index in [0.717, 1.165) is 29.7 Å². The lowest BCUT2D eigenvalue weighted by Crippen LogP contribution is -2.06. The van der Waals surface area contributed by atoms with Crippen LogP contribution in [0.15, 0.2) is 22.7 Å². The lowest BCUT2D eigenvalue weighted by molar-refractivity contribution is 0.0478. The van der Waals surface area contributed by atoms with Gasteiger partial charge in [-0.15, -0.1) is 0 Å². The van der Waals surface area contributed by atoms with Crippen LogP contribution in [-0.2, 0) is 4.74 Å². The molecule has 1 heterocycles. The van der Waals surface area contributed by atoms with Gasteiger partial charge >= 0.3 is 0 Å². The van der Waals surface area contributed by atoms with E-state index in [1.807, 2.05) is 32.0 Å². The maximum Gasteiger partial charge on any atom is 0.258 e. The molecule has 0 amide bonds. The first-order chi connectivity index (χ1) is 9.67. The van der Waals surface area contributed by atoms with Crippen molar-refractivity contribution in [1.29, 1.82) is 0 Å². The zero-order chi connectivity index (χ0) is 14.5. The third kappa shape index (κ3) is 2.99. The van der Waals surface area contributed by atoms with Crippen molar-refractivity contribution in [2.24, 2.45) is 0 Å². The number of hydrogen-bond acceptors (Lipinski definition) is 5. The van der Waals surface area contributed by atoms with Crippen molar-refractivity contribution in [3.05, 3.63) is 29.6 Å². The fourth-order valence-electron chi connectivity index (χ4n) is 2.11. The van der Waals surface area contributed by atoms with Crippen LogP contribution in [0.3, 0.4) is 0 Å². The highest BCUT2D eigenvalue weighted by Crippen LogP contribution is 2.28. The fourth-order valence-corrected chi connectivity index (χ4v) is 2.11. The lowest BCUT2D eigenvalue weighted by atomic mass is 10.1. The molecule has 5 heteroatoms. The van der Waals surface area contributed by atoms with Crippen LogP contribution < -0.4 is 5.73 Å². The van der Waals surface area contributed by atoms with Gasteiger partial charge in [-0.3, -0.25) is 0 Å². The van der Waals surface area contributed by atoms with Crippen molar-refractivity contribution < 1.29 is 9.26 Å². The van der Waals surface area contributed by atoms with E-state index in [0.29, 0.717) is 18.3 Å². The standard InChI is InChI=1S/C15H21N3O2/c1-4-7-13(19-5-2)14-17-15(20-18-14)11-8-6-9-12(16)10(11)3/h6,8-9,13H,4-5,7,16H2,1-3H3. The van der Waals surface area contributed by atoms with Gasteiger partial charge in [0.25, 0.3) is 5.89 Å². The van der Waals surface area contributed by atoms with Crippen molar-refractivity contribution in [2.45, 2.75) is 39.7 Å². The number of aromatic nitrogens is 2. The summed E-state index contributed by atoms with van der Waals surface area (Å²) in [5.74, 6) is 1.09. The van der Waals surface area contributed by atoms with Crippen molar-refractivity contribution in [3.8, 4) is 11.5 Å². The number of ether oxygens (including phenoxy) is 1. The van der Waals surface area contributed by atoms with Gasteiger partial charge < -0.3 is 15.0 Å². The summed E-state index contributed by atoms with van der Waals surface area (Å²) in [5, 5.41) is 4.05. The Labute approximate surface area is 119 Å². The Morgan fingerprint density at radius 2 is 2.15 bits per heavy atom. The van der Waals surface area contributed by atoms with E-state index >= 15 is 0 Å². The number of nitrogens with zero attached hydrogens (tertiary/aromatic N) is 2. The SMILES string of the molecule is CCCC(OCC)c1noc(-c2cccc(N)c2C)n1. The lowest BCUT2D eigenvalue weighted by Gasteiger charge is -2.11. The number of hydrogen-bond donors (Lipinski definition) is 1. The normalized spacial score (nSPS) is 12.6. The summed E-state index contributed by atoms with van der Waals surface area (Å²) in [6.45, 7) is 6.65. The average Bonchev–Trinajstić information content (AvgIpc) is 2.91. The predicted molar refractivity (Wildman–Crippen MR) is 78.2 cm³/mol. The Morgan fingerprint density at radius 3 is 2.85 bits per heavy atom. The summed E-state index contributed by atoms with van der Waals surface area (Å²) in [7, 11) is 0. The minimum atomic E-state index is -0.108. The Hall–Kier alpha value is -1.88. The minimum Gasteiger partial charge on any atom is -0.398 e. The molecule has 1 aromatic carbocycles. The molecule has 2 N–H and O–H groups in total. The molecular formula is C15H21N3O2. The van der Waals surface area contributed by atoms with Gasteiger partial charge in [0, 0.05) is 17.9 Å². The quantitative estimate of drug-likeness (QED) is 0.817. The Bertz CT molecular complexity index is 560. The second-order valence-electron chi connectivity index (χ2n) is 4.71. The van der Waals surface area contributed by atoms with Crippen LogP contribution >= 0.6 is 0 Å². The van der Waals surface area contributed by atoms with Gasteiger partial charge in [-0.05, 0) is 38.0 Å². The van der Waals surface area contributed by atoms with Crippen LogP contribution in [0.1, 0.15) is 44.2 Å². The summed E-state index contributed by atoms with van der Waals surface area (Å²) in [4.78, 5) is 4.46. The van der Waals surface area contributed by atoms with E-state index in [1.54, 1.807) is 0 Å². The molecule has 0 bridgehead atoms. The zero-order valence-corrected chi connectivity index (χ0v) is 12.2. The Balaban J connectivity index is 2.30. The van der Waals surface area contributed by atoms with E-state index < -0.39 is 0 Å². The average molecular weight is 275 g/mol. The highest BCUT2D eigenvalue weighted by atomic mass is 16.5. The smallest absolute Gasteiger partial charge is 0.258 e. The molecule has 2 aromatic rings. The van der Waals surface area contributed by atoms with Gasteiger partial charge in [0.05, 0.1) is 0 Å². The van der Waals surface area contributed by atoms with Gasteiger partial charge in [-0.25, -0.2) is 0 Å². The molecule has 0 spiro atoms. The van der Waals surface area contributed by atoms with E-state index in [9.17, 15) is 0 Å². The highest BCUT2D eigenvalue weighted by molar-refractivity contribution is 5.66. The Morgan fingerprint density at radius 1 is 1.35 bits per heavy atom. The Kier molecular flexibility index (Phi) is 4.74. The summed E-state index contributed by atoms with van der Waals surface area (Å²) in [6.07, 6.45) is 1.78. The largest absolute Gasteiger partial charge is 0.398 e. The molecule has 0 aliphatic carbocycles. The van der Waals surface area contributed by atoms with E-state index in [-0.39, 0.29) is 6.10 Å². The van der Waals surface area contributed by atoms with Gasteiger partial charge in [0.1, 0.15) is 6.10 Å². The van der Waals surface area contributed by atoms with E-state index in [4.69, 9.17) is 15.0 Å². The molecule has 0 radical (unpaired) electrons. The monoisotopic (exact) mass is 275 g/mol. The van der Waals surface area contributed by atoms with Crippen LogP contribution in [0.2, 0.25) is 0 Å². The maximum atomic E-state index is 5.91. The summed E-state index contributed by atoms with van der Waals surface area (Å²) in [5.41, 5.74) is 8.45. The molecule has 0 aliphatic heterocycles. The van der Waals surface area contributed by atoms with Crippen LogP contribution in [0, 0.1) is 6.92 Å². The first-order valence-corrected chi connectivity index (χ1v) is 6.98. The van der Waals surface area contributed by atoms with Crippen LogP contribution in [0.25, 0.3) is 11.5 Å². The molecule has 0 aliphatic rings. The summed E-state index contributed by atoms with van der Waals surface area (Å²) >= 11 is 0. The number of nitrogens with two attached hydrogens (primary N) is 1. The number of rotatable bonds is 6. The first kappa shape index (κ1) is 14.5. The molecule has 5 nitrogen and oxygen atoms in total. The third-order valence-corrected chi connectivity index (χ3v) is 3.25. The van der Waals surface area contributed by atoms with Gasteiger partial charge in [-0.2, -0.15) is 4.98 Å². The molecule has 2 rings (SSSR count). The van der Waals surface area contributed by atoms with Crippen molar-refractivity contribution >= 4 is 5.69 Å². The van der Waals surface area contributed by atoms with Gasteiger partial charge in [0.2, 0.25) is 5.82 Å². The summed E-state index contributed by atoms with van der Waals surface area (Å²) in [6, 6.07) is 5.67. The number of benzene rings is 1. The molecular weight excluding hydrogens is 254 g/mol. The van der Waals surface area contributed by atoms with Crippen molar-refractivity contribution in [3.63, 3.8) is 0 Å². The molecule has 1 unspecified atom stereocenters. The summed E-state index contributed by atoms with van der Waals surface area (Å²) < 4.78 is 11.0. The van der Waals surface area contributed by atoms with E-state index in [1.165, 1.54) is 0 Å². The molecule has 0 saturated carbocycles. The fraction of sp³-hybridized carbons (Fsp3) is 0.467. The molecule has 1 atom stereocenters. The molecule has 0 fully saturated rings. The molecule has 0 saturated heterocycles. The second kappa shape index (κ2) is 6.52. The molecule has 20 heavy (non-hydrogen) atoms. The van der Waals surface area contributed by atoms with Crippen LogP contribution in [-0.4, -0.2) is 16.7 Å². The van der Waals surface area contributed by atoms with Crippen molar-refractivity contribution in [1.82, 2.24) is 10.1 Å². The minimum absolute atomic E-state index is 0.108. The van der Waals surface area contributed by atoms with Crippen LogP contribution in [0.4, 0.5) is 5.69 Å². The first-order valence-electron chi connectivity index (χ1n) is 6.98. The van der Waals surface area contributed by atoms with Crippen molar-refractivity contribution in [2.75, 3.05) is 12.3 Å². The second-order valence-corrected chi connectivity index (χ2v) is 4.71. The number of nitrogen functional groups attached to an aromatic ring is 1. The molecule has 108 valence electrons. The number of anilines is 1. The highest BCUT2D eigenvalue weighted by Gasteiger charge is 2.19. The molecule has 1 aromatic heterocycles. The van der Waals surface area contributed by atoms with E-state index in [2.05, 4.69) is 17.1 Å². The topological polar surface area (TPSA) is 74.2 Å². The van der Waals surface area contributed by atoms with Gasteiger partial charge in [-0.1, -0.05) is 24.6 Å². The zero-order valence-electron chi connectivity index (χ0n) is 12.2. The van der Waals surface area contributed by atoms with Gasteiger partial charge in [0.15, 0.2) is 0 Å². The third-order valence-electron chi connectivity index (χ3n) is 3.25. The maximum absolute atomic E-state index is 5.91. The van der Waals surface area contributed by atoms with Crippen LogP contribution in [0.5, 0.6) is 0 Å². The predicted octanol–water partition coefficient (Wildman–Crippen LogP) is 3.50.